The Kier molecular flexibility index (Phi) is 3.40. The van der Waals surface area contributed by atoms with E-state index in [9.17, 15) is 14.5 Å². The van der Waals surface area contributed by atoms with Crippen LogP contribution in [-0.2, 0) is 16.2 Å². The van der Waals surface area contributed by atoms with Crippen molar-refractivity contribution >= 4 is 17.3 Å². The van der Waals surface area contributed by atoms with Crippen LogP contribution in [0.25, 0.3) is 0 Å². The van der Waals surface area contributed by atoms with Crippen LogP contribution in [0.3, 0.4) is 0 Å². The maximum absolute atomic E-state index is 12.3. The van der Waals surface area contributed by atoms with Gasteiger partial charge in [-0.05, 0) is 26.3 Å². The third kappa shape index (κ3) is 2.39. The van der Waals surface area contributed by atoms with Crippen molar-refractivity contribution < 1.29 is 14.5 Å². The van der Waals surface area contributed by atoms with Gasteiger partial charge in [0, 0.05) is 11.4 Å². The fourth-order valence-electron chi connectivity index (χ4n) is 1.96. The van der Waals surface area contributed by atoms with Crippen molar-refractivity contribution in [2.45, 2.75) is 37.6 Å². The minimum Gasteiger partial charge on any atom is -0.597 e. The van der Waals surface area contributed by atoms with Gasteiger partial charge in [-0.15, -0.1) is 4.31 Å². The van der Waals surface area contributed by atoms with Gasteiger partial charge < -0.3 is 9.66 Å². The third-order valence-corrected chi connectivity index (χ3v) is 4.75. The van der Waals surface area contributed by atoms with Crippen LogP contribution < -0.4 is 0 Å². The Morgan fingerprint density at radius 1 is 1.33 bits per heavy atom. The summed E-state index contributed by atoms with van der Waals surface area (Å²) >= 11 is -1.31. The number of aliphatic carboxylic acids is 1. The summed E-state index contributed by atoms with van der Waals surface area (Å²) in [6, 6.07) is 8.42. The second-order valence-corrected chi connectivity index (χ2v) is 7.50. The molecule has 0 radical (unpaired) electrons. The molecule has 5 heteroatoms. The fraction of sp³-hybridized carbons (Fsp3) is 0.462. The quantitative estimate of drug-likeness (QED) is 0.671. The van der Waals surface area contributed by atoms with E-state index in [1.54, 1.807) is 4.31 Å². The first kappa shape index (κ1) is 13.4. The van der Waals surface area contributed by atoms with E-state index in [1.807, 2.05) is 51.1 Å². The van der Waals surface area contributed by atoms with E-state index < -0.39 is 28.1 Å². The van der Waals surface area contributed by atoms with E-state index >= 15 is 0 Å². The number of carbonyl (C=O) groups is 1. The molecule has 1 N–H and O–H groups in total. The first-order valence-corrected chi connectivity index (χ1v) is 6.93. The predicted molar refractivity (Wildman–Crippen MR) is 70.3 cm³/mol. The number of nitrogens with zero attached hydrogens (tertiary/aromatic N) is 1. The molecule has 4 nitrogen and oxygen atoms in total. The first-order valence-electron chi connectivity index (χ1n) is 5.82. The summed E-state index contributed by atoms with van der Waals surface area (Å²) in [6.07, 6.45) is 0. The molecule has 4 atom stereocenters. The highest BCUT2D eigenvalue weighted by molar-refractivity contribution is 7.90. The van der Waals surface area contributed by atoms with Crippen LogP contribution in [0.1, 0.15) is 32.4 Å². The minimum atomic E-state index is -1.31. The largest absolute Gasteiger partial charge is 0.597 e. The van der Waals surface area contributed by atoms with Gasteiger partial charge in [-0.25, -0.2) is 0 Å². The molecule has 1 fully saturated rings. The molecule has 0 aliphatic carbocycles. The van der Waals surface area contributed by atoms with E-state index in [-0.39, 0.29) is 6.04 Å². The summed E-state index contributed by atoms with van der Waals surface area (Å²) in [5.74, 6) is -0.915. The highest BCUT2D eigenvalue weighted by atomic mass is 32.2. The molecule has 0 aromatic heterocycles. The maximum Gasteiger partial charge on any atom is 0.327 e. The van der Waals surface area contributed by atoms with Crippen molar-refractivity contribution in [1.29, 1.82) is 0 Å². The van der Waals surface area contributed by atoms with Gasteiger partial charge in [0.15, 0.2) is 6.04 Å². The molecule has 0 saturated carbocycles. The molecule has 1 aromatic carbocycles. The van der Waals surface area contributed by atoms with Gasteiger partial charge in [0.1, 0.15) is 10.8 Å². The second kappa shape index (κ2) is 4.57. The Labute approximate surface area is 110 Å². The molecule has 2 rings (SSSR count). The Bertz CT molecular complexity index is 443. The van der Waals surface area contributed by atoms with Crippen molar-refractivity contribution in [2.75, 3.05) is 0 Å². The average molecular weight is 267 g/mol. The Balaban J connectivity index is 2.24. The smallest absolute Gasteiger partial charge is 0.327 e. The van der Waals surface area contributed by atoms with Crippen LogP contribution in [0.4, 0.5) is 0 Å². The zero-order valence-electron chi connectivity index (χ0n) is 10.7. The Hall–Kier alpha value is -1.04. The Morgan fingerprint density at radius 3 is 2.33 bits per heavy atom. The van der Waals surface area contributed by atoms with Crippen LogP contribution in [-0.4, -0.2) is 30.7 Å². The normalized spacial score (nSPS) is 28.8. The lowest BCUT2D eigenvalue weighted by Gasteiger charge is -2.24. The number of carboxylic acids is 1. The molecule has 98 valence electrons. The topological polar surface area (TPSA) is 63.4 Å². The fourth-order valence-corrected chi connectivity index (χ4v) is 3.39. The van der Waals surface area contributed by atoms with Gasteiger partial charge in [-0.1, -0.05) is 30.3 Å². The lowest BCUT2D eigenvalue weighted by Crippen LogP contribution is -2.35. The molecule has 1 aliphatic rings. The molecule has 18 heavy (non-hydrogen) atoms. The van der Waals surface area contributed by atoms with Crippen LogP contribution in [0.2, 0.25) is 0 Å². The van der Waals surface area contributed by atoms with Crippen molar-refractivity contribution in [3.8, 4) is 0 Å². The van der Waals surface area contributed by atoms with Gasteiger partial charge >= 0.3 is 5.97 Å². The summed E-state index contributed by atoms with van der Waals surface area (Å²) in [4.78, 5) is 11.2. The maximum atomic E-state index is 12.3. The number of hydrogen-bond donors (Lipinski definition) is 1. The van der Waals surface area contributed by atoms with Crippen LogP contribution in [0.15, 0.2) is 30.3 Å². The lowest BCUT2D eigenvalue weighted by molar-refractivity contribution is -0.137. The summed E-state index contributed by atoms with van der Waals surface area (Å²) in [5.41, 5.74) is 0.905. The van der Waals surface area contributed by atoms with E-state index in [2.05, 4.69) is 0 Å². The summed E-state index contributed by atoms with van der Waals surface area (Å²) in [5, 5.41) is 9.19. The number of carboxylic acid groups (broad SMARTS) is 1. The standard InChI is InChI=1S/C13H17NO3S/c1-13(2,3)18(17)14-10(11(14)12(15)16)9-7-5-4-6-8-9/h4-8,10-11H,1-3H3,(H,15,16)/t10-,11-,14?,18-/m0/s1. The van der Waals surface area contributed by atoms with Gasteiger partial charge in [-0.3, -0.25) is 4.79 Å². The molecule has 1 saturated heterocycles. The van der Waals surface area contributed by atoms with Crippen LogP contribution >= 0.6 is 0 Å². The number of rotatable bonds is 3. The zero-order valence-corrected chi connectivity index (χ0v) is 11.5. The monoisotopic (exact) mass is 267 g/mol. The number of benzene rings is 1. The molecule has 1 aromatic rings. The van der Waals surface area contributed by atoms with Crippen molar-refractivity contribution in [1.82, 2.24) is 4.31 Å². The summed E-state index contributed by atoms with van der Waals surface area (Å²) in [6.45, 7) is 5.55. The summed E-state index contributed by atoms with van der Waals surface area (Å²) in [7, 11) is 0. The molecule has 1 heterocycles. The highest BCUT2D eigenvalue weighted by Crippen LogP contribution is 2.48. The van der Waals surface area contributed by atoms with Gasteiger partial charge in [0.25, 0.3) is 0 Å². The highest BCUT2D eigenvalue weighted by Gasteiger charge is 2.63. The SMILES string of the molecule is CC(C)(C)[S@+]([O-])N1[C@H](C(=O)O)[C@@H]1c1ccccc1. The van der Waals surface area contributed by atoms with E-state index in [0.29, 0.717) is 0 Å². The van der Waals surface area contributed by atoms with Crippen molar-refractivity contribution in [3.05, 3.63) is 35.9 Å². The van der Waals surface area contributed by atoms with Crippen molar-refractivity contribution in [3.63, 3.8) is 0 Å². The van der Waals surface area contributed by atoms with Crippen molar-refractivity contribution in [2.24, 2.45) is 0 Å². The van der Waals surface area contributed by atoms with Gasteiger partial charge in [-0.2, -0.15) is 0 Å². The molecule has 0 amide bonds. The second-order valence-electron chi connectivity index (χ2n) is 5.36. The summed E-state index contributed by atoms with van der Waals surface area (Å²) < 4.78 is 13.4. The zero-order chi connectivity index (χ0) is 13.5. The first-order chi connectivity index (χ1) is 8.34. The molecule has 0 bridgehead atoms. The molecular weight excluding hydrogens is 250 g/mol. The van der Waals surface area contributed by atoms with Gasteiger partial charge in [0.2, 0.25) is 0 Å². The van der Waals surface area contributed by atoms with Crippen LogP contribution in [0.5, 0.6) is 0 Å². The third-order valence-electron chi connectivity index (χ3n) is 2.87. The Morgan fingerprint density at radius 2 is 1.89 bits per heavy atom. The molecule has 0 spiro atoms. The van der Waals surface area contributed by atoms with Gasteiger partial charge in [0.05, 0.1) is 0 Å². The van der Waals surface area contributed by atoms with E-state index in [1.165, 1.54) is 0 Å². The minimum absolute atomic E-state index is 0.274. The van der Waals surface area contributed by atoms with E-state index in [0.717, 1.165) is 5.56 Å². The van der Waals surface area contributed by atoms with E-state index in [4.69, 9.17) is 0 Å². The lowest BCUT2D eigenvalue weighted by atomic mass is 10.1. The molecular formula is C13H17NO3S. The number of hydrogen-bond acceptors (Lipinski definition) is 3. The predicted octanol–water partition coefficient (Wildman–Crippen LogP) is 1.96. The van der Waals surface area contributed by atoms with Crippen LogP contribution in [0, 0.1) is 0 Å². The molecule has 1 unspecified atom stereocenters. The average Bonchev–Trinajstić information content (AvgIpc) is 3.03. The molecule has 1 aliphatic heterocycles.